The number of aromatic carboxylic acids is 1. The smallest absolute Gasteiger partial charge is 0.335 e. The summed E-state index contributed by atoms with van der Waals surface area (Å²) in [5, 5.41) is 11.7. The van der Waals surface area contributed by atoms with Gasteiger partial charge in [-0.3, -0.25) is 4.79 Å². The van der Waals surface area contributed by atoms with Crippen molar-refractivity contribution >= 4 is 29.2 Å². The number of rotatable bonds is 5. The van der Waals surface area contributed by atoms with Crippen LogP contribution in [0.5, 0.6) is 0 Å². The second-order valence-corrected chi connectivity index (χ2v) is 4.56. The van der Waals surface area contributed by atoms with Crippen LogP contribution < -0.4 is 11.1 Å². The molecule has 18 heavy (non-hydrogen) atoms. The van der Waals surface area contributed by atoms with Crippen LogP contribution in [-0.4, -0.2) is 23.5 Å². The zero-order chi connectivity index (χ0) is 13.7. The molecule has 0 aromatic heterocycles. The van der Waals surface area contributed by atoms with Gasteiger partial charge in [0.1, 0.15) is 0 Å². The van der Waals surface area contributed by atoms with Crippen LogP contribution in [0.1, 0.15) is 23.7 Å². The highest BCUT2D eigenvalue weighted by atomic mass is 35.5. The SMILES string of the molecule is CC(CN)CC(=O)Nc1cc(Cl)cc(C(=O)O)c1. The third-order valence-corrected chi connectivity index (χ3v) is 2.58. The lowest BCUT2D eigenvalue weighted by Gasteiger charge is -2.10. The summed E-state index contributed by atoms with van der Waals surface area (Å²) in [6.07, 6.45) is 0.283. The molecular formula is C12H15ClN2O3. The van der Waals surface area contributed by atoms with Gasteiger partial charge in [0.2, 0.25) is 5.91 Å². The molecule has 1 atom stereocenters. The molecule has 0 bridgehead atoms. The van der Waals surface area contributed by atoms with Crippen molar-refractivity contribution in [1.82, 2.24) is 0 Å². The Hall–Kier alpha value is -1.59. The molecule has 0 saturated heterocycles. The van der Waals surface area contributed by atoms with Crippen molar-refractivity contribution in [3.05, 3.63) is 28.8 Å². The molecule has 1 aromatic carbocycles. The minimum atomic E-state index is -1.09. The van der Waals surface area contributed by atoms with Crippen LogP contribution in [0.4, 0.5) is 5.69 Å². The maximum Gasteiger partial charge on any atom is 0.335 e. The normalized spacial score (nSPS) is 11.9. The summed E-state index contributed by atoms with van der Waals surface area (Å²) >= 11 is 5.78. The van der Waals surface area contributed by atoms with Crippen molar-refractivity contribution in [3.63, 3.8) is 0 Å². The summed E-state index contributed by atoms with van der Waals surface area (Å²) in [6, 6.07) is 4.18. The number of hydrogen-bond donors (Lipinski definition) is 3. The Balaban J connectivity index is 2.78. The third-order valence-electron chi connectivity index (χ3n) is 2.36. The van der Waals surface area contributed by atoms with Crippen LogP contribution in [0.15, 0.2) is 18.2 Å². The maximum atomic E-state index is 11.6. The summed E-state index contributed by atoms with van der Waals surface area (Å²) in [7, 11) is 0. The molecule has 0 spiro atoms. The van der Waals surface area contributed by atoms with Gasteiger partial charge in [0.25, 0.3) is 0 Å². The van der Waals surface area contributed by atoms with Crippen LogP contribution in [0.3, 0.4) is 0 Å². The molecule has 1 aromatic rings. The van der Waals surface area contributed by atoms with E-state index in [0.717, 1.165) is 0 Å². The second kappa shape index (κ2) is 6.37. The van der Waals surface area contributed by atoms with E-state index in [4.69, 9.17) is 22.4 Å². The average Bonchev–Trinajstić information content (AvgIpc) is 2.27. The minimum absolute atomic E-state index is 0.0321. The predicted molar refractivity (Wildman–Crippen MR) is 69.9 cm³/mol. The first kappa shape index (κ1) is 14.5. The molecule has 0 aliphatic carbocycles. The Morgan fingerprint density at radius 3 is 2.67 bits per heavy atom. The van der Waals surface area contributed by atoms with Gasteiger partial charge in [-0.05, 0) is 30.7 Å². The first-order valence-electron chi connectivity index (χ1n) is 5.46. The van der Waals surface area contributed by atoms with Crippen LogP contribution >= 0.6 is 11.6 Å². The van der Waals surface area contributed by atoms with Gasteiger partial charge in [0.05, 0.1) is 5.56 Å². The number of amides is 1. The Morgan fingerprint density at radius 2 is 2.11 bits per heavy atom. The molecule has 0 saturated carbocycles. The molecule has 1 rings (SSSR count). The highest BCUT2D eigenvalue weighted by Crippen LogP contribution is 2.19. The van der Waals surface area contributed by atoms with Crippen molar-refractivity contribution in [3.8, 4) is 0 Å². The van der Waals surface area contributed by atoms with E-state index in [9.17, 15) is 9.59 Å². The number of hydrogen-bond acceptors (Lipinski definition) is 3. The molecule has 0 aliphatic rings. The molecule has 98 valence electrons. The number of carbonyl (C=O) groups is 2. The first-order valence-corrected chi connectivity index (χ1v) is 5.84. The number of nitrogens with two attached hydrogens (primary N) is 1. The Bertz CT molecular complexity index is 463. The average molecular weight is 271 g/mol. The molecule has 1 amide bonds. The molecule has 1 unspecified atom stereocenters. The Morgan fingerprint density at radius 1 is 1.44 bits per heavy atom. The third kappa shape index (κ3) is 4.35. The summed E-state index contributed by atoms with van der Waals surface area (Å²) < 4.78 is 0. The number of anilines is 1. The molecule has 0 aliphatic heterocycles. The summed E-state index contributed by atoms with van der Waals surface area (Å²) in [4.78, 5) is 22.4. The van der Waals surface area contributed by atoms with E-state index in [2.05, 4.69) is 5.32 Å². The minimum Gasteiger partial charge on any atom is -0.478 e. The van der Waals surface area contributed by atoms with Crippen molar-refractivity contribution < 1.29 is 14.7 Å². The number of benzene rings is 1. The molecule has 0 fully saturated rings. The quantitative estimate of drug-likeness (QED) is 0.762. The van der Waals surface area contributed by atoms with E-state index in [0.29, 0.717) is 12.2 Å². The number of carbonyl (C=O) groups excluding carboxylic acids is 1. The van der Waals surface area contributed by atoms with Crippen LogP contribution in [0.25, 0.3) is 0 Å². The van der Waals surface area contributed by atoms with Gasteiger partial charge in [0.15, 0.2) is 0 Å². The first-order chi connectivity index (χ1) is 8.42. The molecule has 4 N–H and O–H groups in total. The van der Waals surface area contributed by atoms with E-state index < -0.39 is 5.97 Å². The summed E-state index contributed by atoms with van der Waals surface area (Å²) in [6.45, 7) is 2.28. The molecule has 0 heterocycles. The van der Waals surface area contributed by atoms with E-state index in [1.165, 1.54) is 18.2 Å². The highest BCUT2D eigenvalue weighted by Gasteiger charge is 2.10. The van der Waals surface area contributed by atoms with E-state index in [1.807, 2.05) is 6.92 Å². The van der Waals surface area contributed by atoms with Gasteiger partial charge < -0.3 is 16.2 Å². The van der Waals surface area contributed by atoms with Gasteiger partial charge in [-0.15, -0.1) is 0 Å². The Labute approximate surface area is 110 Å². The maximum absolute atomic E-state index is 11.6. The van der Waals surface area contributed by atoms with Gasteiger partial charge in [-0.2, -0.15) is 0 Å². The number of carboxylic acid groups (broad SMARTS) is 1. The summed E-state index contributed by atoms with van der Waals surface area (Å²) in [5.41, 5.74) is 5.82. The fourth-order valence-corrected chi connectivity index (χ4v) is 1.63. The van der Waals surface area contributed by atoms with Crippen molar-refractivity contribution in [2.75, 3.05) is 11.9 Å². The van der Waals surface area contributed by atoms with E-state index in [1.54, 1.807) is 0 Å². The lowest BCUT2D eigenvalue weighted by atomic mass is 10.1. The lowest BCUT2D eigenvalue weighted by molar-refractivity contribution is -0.116. The topological polar surface area (TPSA) is 92.4 Å². The standard InChI is InChI=1S/C12H15ClN2O3/c1-7(6-14)2-11(16)15-10-4-8(12(17)18)3-9(13)5-10/h3-5,7H,2,6,14H2,1H3,(H,15,16)(H,17,18). The van der Waals surface area contributed by atoms with Crippen molar-refractivity contribution in [2.24, 2.45) is 11.7 Å². The van der Waals surface area contributed by atoms with Crippen LogP contribution in [0, 0.1) is 5.92 Å². The molecule has 5 nitrogen and oxygen atoms in total. The van der Waals surface area contributed by atoms with Crippen molar-refractivity contribution in [2.45, 2.75) is 13.3 Å². The fraction of sp³-hybridized carbons (Fsp3) is 0.333. The fourth-order valence-electron chi connectivity index (χ4n) is 1.40. The van der Waals surface area contributed by atoms with Gasteiger partial charge in [-0.1, -0.05) is 18.5 Å². The zero-order valence-electron chi connectivity index (χ0n) is 9.94. The number of halogens is 1. The monoisotopic (exact) mass is 270 g/mol. The molecule has 0 radical (unpaired) electrons. The van der Waals surface area contributed by atoms with Gasteiger partial charge >= 0.3 is 5.97 Å². The van der Waals surface area contributed by atoms with Gasteiger partial charge in [-0.25, -0.2) is 4.79 Å². The second-order valence-electron chi connectivity index (χ2n) is 4.13. The molecule has 6 heteroatoms. The predicted octanol–water partition coefficient (Wildman–Crippen LogP) is 1.96. The van der Waals surface area contributed by atoms with Crippen molar-refractivity contribution in [1.29, 1.82) is 0 Å². The molecular weight excluding hydrogens is 256 g/mol. The van der Waals surface area contributed by atoms with E-state index >= 15 is 0 Å². The zero-order valence-corrected chi connectivity index (χ0v) is 10.7. The van der Waals surface area contributed by atoms with E-state index in [-0.39, 0.29) is 28.8 Å². The number of nitrogens with one attached hydrogen (secondary N) is 1. The summed E-state index contributed by atoms with van der Waals surface area (Å²) in [5.74, 6) is -1.24. The van der Waals surface area contributed by atoms with Crippen LogP contribution in [-0.2, 0) is 4.79 Å². The largest absolute Gasteiger partial charge is 0.478 e. The van der Waals surface area contributed by atoms with Crippen LogP contribution in [0.2, 0.25) is 5.02 Å². The number of carboxylic acids is 1. The Kier molecular flexibility index (Phi) is 5.12. The lowest BCUT2D eigenvalue weighted by Crippen LogP contribution is -2.20. The highest BCUT2D eigenvalue weighted by molar-refractivity contribution is 6.31. The van der Waals surface area contributed by atoms with Gasteiger partial charge in [0, 0.05) is 17.1 Å².